The first kappa shape index (κ1) is 19.5. The van der Waals surface area contributed by atoms with Crippen LogP contribution < -0.4 is 0 Å². The van der Waals surface area contributed by atoms with Gasteiger partial charge in [0.25, 0.3) is 5.91 Å². The lowest BCUT2D eigenvalue weighted by atomic mass is 10.0. The highest BCUT2D eigenvalue weighted by Crippen LogP contribution is 2.38. The SMILES string of the molecule is [CH2]C1c2ncn(-c3ccccc3)c2CCN1C(=O)c1cccc(C(F)(F)F)c1Cl. The van der Waals surface area contributed by atoms with Crippen LogP contribution in [0.25, 0.3) is 5.69 Å². The first-order valence-corrected chi connectivity index (χ1v) is 9.28. The van der Waals surface area contributed by atoms with Crippen LogP contribution in [-0.4, -0.2) is 26.9 Å². The van der Waals surface area contributed by atoms with Crippen LogP contribution in [0.1, 0.15) is 33.4 Å². The number of hydrogen-bond acceptors (Lipinski definition) is 2. The van der Waals surface area contributed by atoms with Crippen LogP contribution >= 0.6 is 11.6 Å². The normalized spacial score (nSPS) is 16.6. The molecular weight excluding hydrogens is 403 g/mol. The van der Waals surface area contributed by atoms with Crippen LogP contribution in [0.4, 0.5) is 13.2 Å². The molecule has 1 atom stereocenters. The maximum Gasteiger partial charge on any atom is 0.417 e. The molecule has 1 amide bonds. The molecule has 2 heterocycles. The molecule has 0 N–H and O–H groups in total. The molecular formula is C21H16ClF3N3O. The van der Waals surface area contributed by atoms with Gasteiger partial charge in [-0.15, -0.1) is 0 Å². The van der Waals surface area contributed by atoms with Crippen molar-refractivity contribution in [1.82, 2.24) is 14.5 Å². The summed E-state index contributed by atoms with van der Waals surface area (Å²) in [5.74, 6) is -0.596. The van der Waals surface area contributed by atoms with Gasteiger partial charge in [-0.1, -0.05) is 35.9 Å². The fraction of sp³-hybridized carbons (Fsp3) is 0.190. The van der Waals surface area contributed by atoms with Crippen molar-refractivity contribution in [2.45, 2.75) is 18.6 Å². The summed E-state index contributed by atoms with van der Waals surface area (Å²) in [6.45, 7) is 4.34. The molecule has 2 aromatic carbocycles. The Bertz CT molecular complexity index is 1060. The van der Waals surface area contributed by atoms with E-state index in [4.69, 9.17) is 11.6 Å². The minimum Gasteiger partial charge on any atom is -0.330 e. The van der Waals surface area contributed by atoms with E-state index in [0.717, 1.165) is 17.4 Å². The fourth-order valence-electron chi connectivity index (χ4n) is 3.57. The summed E-state index contributed by atoms with van der Waals surface area (Å²) in [5, 5.41) is -0.599. The molecule has 1 radical (unpaired) electrons. The number of aromatic nitrogens is 2. The Morgan fingerprint density at radius 1 is 1.14 bits per heavy atom. The zero-order valence-electron chi connectivity index (χ0n) is 15.2. The van der Waals surface area contributed by atoms with E-state index in [-0.39, 0.29) is 5.56 Å². The highest BCUT2D eigenvalue weighted by atomic mass is 35.5. The molecule has 3 aromatic rings. The van der Waals surface area contributed by atoms with Gasteiger partial charge < -0.3 is 9.47 Å². The number of alkyl halides is 3. The first-order valence-electron chi connectivity index (χ1n) is 8.90. The van der Waals surface area contributed by atoms with E-state index in [0.29, 0.717) is 18.7 Å². The third kappa shape index (κ3) is 3.40. The molecule has 0 saturated carbocycles. The van der Waals surface area contributed by atoms with Crippen molar-refractivity contribution < 1.29 is 18.0 Å². The smallest absolute Gasteiger partial charge is 0.330 e. The predicted octanol–water partition coefficient (Wildman–Crippen LogP) is 5.12. The highest BCUT2D eigenvalue weighted by molar-refractivity contribution is 6.34. The molecule has 4 nitrogen and oxygen atoms in total. The number of carbonyl (C=O) groups excluding carboxylic acids is 1. The number of halogens is 4. The summed E-state index contributed by atoms with van der Waals surface area (Å²) >= 11 is 5.93. The van der Waals surface area contributed by atoms with Gasteiger partial charge in [0, 0.05) is 24.3 Å². The zero-order valence-corrected chi connectivity index (χ0v) is 15.9. The first-order chi connectivity index (χ1) is 13.8. The number of carbonyl (C=O) groups is 1. The third-order valence-electron chi connectivity index (χ3n) is 5.01. The number of rotatable bonds is 2. The topological polar surface area (TPSA) is 38.1 Å². The molecule has 29 heavy (non-hydrogen) atoms. The molecule has 0 bridgehead atoms. The number of hydrogen-bond donors (Lipinski definition) is 0. The largest absolute Gasteiger partial charge is 0.417 e. The van der Waals surface area contributed by atoms with Gasteiger partial charge in [-0.2, -0.15) is 13.2 Å². The summed E-state index contributed by atoms with van der Waals surface area (Å²) in [6.07, 6.45) is -2.47. The van der Waals surface area contributed by atoms with Gasteiger partial charge in [0.1, 0.15) is 0 Å². The van der Waals surface area contributed by atoms with Gasteiger partial charge in [-0.25, -0.2) is 4.98 Å². The second-order valence-electron chi connectivity index (χ2n) is 6.71. The Morgan fingerprint density at radius 3 is 2.55 bits per heavy atom. The van der Waals surface area contributed by atoms with E-state index in [9.17, 15) is 18.0 Å². The third-order valence-corrected chi connectivity index (χ3v) is 5.42. The minimum atomic E-state index is -4.64. The Balaban J connectivity index is 1.66. The second-order valence-corrected chi connectivity index (χ2v) is 7.09. The van der Waals surface area contributed by atoms with E-state index < -0.39 is 28.7 Å². The molecule has 1 unspecified atom stereocenters. The van der Waals surface area contributed by atoms with Crippen LogP contribution in [0, 0.1) is 6.92 Å². The Hall–Kier alpha value is -2.80. The lowest BCUT2D eigenvalue weighted by Gasteiger charge is -2.33. The van der Waals surface area contributed by atoms with Gasteiger partial charge in [0.05, 0.1) is 34.2 Å². The Labute approximate surface area is 170 Å². The lowest BCUT2D eigenvalue weighted by molar-refractivity contribution is -0.137. The highest BCUT2D eigenvalue weighted by Gasteiger charge is 2.37. The van der Waals surface area contributed by atoms with E-state index in [1.54, 1.807) is 6.33 Å². The van der Waals surface area contributed by atoms with Crippen molar-refractivity contribution in [2.75, 3.05) is 6.54 Å². The van der Waals surface area contributed by atoms with Crippen LogP contribution in [-0.2, 0) is 12.6 Å². The molecule has 1 aliphatic heterocycles. The Morgan fingerprint density at radius 2 is 1.86 bits per heavy atom. The van der Waals surface area contributed by atoms with Crippen molar-refractivity contribution in [2.24, 2.45) is 0 Å². The summed E-state index contributed by atoms with van der Waals surface area (Å²) in [5.41, 5.74) is 1.26. The fourth-order valence-corrected chi connectivity index (χ4v) is 3.88. The van der Waals surface area contributed by atoms with Crippen molar-refractivity contribution in [3.8, 4) is 5.69 Å². The maximum absolute atomic E-state index is 13.1. The van der Waals surface area contributed by atoms with E-state index in [1.807, 2.05) is 34.9 Å². The van der Waals surface area contributed by atoms with Crippen LogP contribution in [0.2, 0.25) is 5.02 Å². The van der Waals surface area contributed by atoms with E-state index in [2.05, 4.69) is 11.9 Å². The number of benzene rings is 2. The van der Waals surface area contributed by atoms with Gasteiger partial charge >= 0.3 is 6.18 Å². The molecule has 149 valence electrons. The van der Waals surface area contributed by atoms with Crippen LogP contribution in [0.3, 0.4) is 0 Å². The number of imidazole rings is 1. The van der Waals surface area contributed by atoms with Gasteiger partial charge in [-0.05, 0) is 31.2 Å². The van der Waals surface area contributed by atoms with Crippen LogP contribution in [0.5, 0.6) is 0 Å². The summed E-state index contributed by atoms with van der Waals surface area (Å²) in [7, 11) is 0. The van der Waals surface area contributed by atoms with Gasteiger partial charge in [0.15, 0.2) is 0 Å². The minimum absolute atomic E-state index is 0.193. The standard InChI is InChI=1S/C21H16ClF3N3O/c1-13-19-17(28(12-26-19)14-6-3-2-4-7-14)10-11-27(13)20(29)15-8-5-9-16(18(15)22)21(23,24)25/h2-9,12-13H,1,10-11H2. The maximum atomic E-state index is 13.1. The quantitative estimate of drug-likeness (QED) is 0.579. The average Bonchev–Trinajstić information content (AvgIpc) is 3.13. The molecule has 8 heteroatoms. The molecule has 1 aliphatic rings. The lowest BCUT2D eigenvalue weighted by Crippen LogP contribution is -2.39. The van der Waals surface area contributed by atoms with E-state index in [1.165, 1.54) is 17.0 Å². The summed E-state index contributed by atoms with van der Waals surface area (Å²) < 4.78 is 41.4. The molecule has 0 aliphatic carbocycles. The molecule has 1 aromatic heterocycles. The monoisotopic (exact) mass is 418 g/mol. The molecule has 4 rings (SSSR count). The number of fused-ring (bicyclic) bond motifs is 1. The number of nitrogens with zero attached hydrogens (tertiary/aromatic N) is 3. The second kappa shape index (κ2) is 7.22. The van der Waals surface area contributed by atoms with E-state index >= 15 is 0 Å². The van der Waals surface area contributed by atoms with Crippen molar-refractivity contribution in [3.05, 3.63) is 89.3 Å². The molecule has 0 saturated heterocycles. The van der Waals surface area contributed by atoms with Gasteiger partial charge in [-0.3, -0.25) is 4.79 Å². The van der Waals surface area contributed by atoms with Crippen LogP contribution in [0.15, 0.2) is 54.9 Å². The number of amides is 1. The van der Waals surface area contributed by atoms with Crippen molar-refractivity contribution in [3.63, 3.8) is 0 Å². The molecule has 0 fully saturated rings. The zero-order chi connectivity index (χ0) is 20.8. The van der Waals surface area contributed by atoms with Gasteiger partial charge in [0.2, 0.25) is 0 Å². The number of para-hydroxylation sites is 1. The van der Waals surface area contributed by atoms with Crippen molar-refractivity contribution >= 4 is 17.5 Å². The summed E-state index contributed by atoms with van der Waals surface area (Å²) in [6, 6.07) is 12.3. The average molecular weight is 419 g/mol. The van der Waals surface area contributed by atoms with Crippen molar-refractivity contribution in [1.29, 1.82) is 0 Å². The Kier molecular flexibility index (Phi) is 4.86. The molecule has 0 spiro atoms. The summed E-state index contributed by atoms with van der Waals surface area (Å²) in [4.78, 5) is 18.8. The predicted molar refractivity (Wildman–Crippen MR) is 103 cm³/mol.